The third kappa shape index (κ3) is 2.53. The number of hydrogen-bond donors (Lipinski definition) is 1. The van der Waals surface area contributed by atoms with E-state index >= 15 is 0 Å². The van der Waals surface area contributed by atoms with Gasteiger partial charge in [-0.25, -0.2) is 0 Å². The number of aliphatic hydroxyl groups excluding tert-OH is 1. The summed E-state index contributed by atoms with van der Waals surface area (Å²) >= 11 is 0. The van der Waals surface area contributed by atoms with Crippen LogP contribution >= 0.6 is 0 Å². The predicted molar refractivity (Wildman–Crippen MR) is 51.6 cm³/mol. The molecule has 0 spiro atoms. The van der Waals surface area contributed by atoms with Crippen LogP contribution in [0.1, 0.15) is 28.4 Å². The van der Waals surface area contributed by atoms with Gasteiger partial charge in [-0.15, -0.1) is 6.58 Å². The molecular weight excluding hydrogens is 164 g/mol. The summed E-state index contributed by atoms with van der Waals surface area (Å²) in [5, 5.41) is 9.52. The number of carbonyl (C=O) groups is 1. The molecule has 0 aliphatic carbocycles. The van der Waals surface area contributed by atoms with Gasteiger partial charge < -0.3 is 5.11 Å². The minimum absolute atomic E-state index is 0.516. The predicted octanol–water partition coefficient (Wildman–Crippen LogP) is 2.11. The maximum Gasteiger partial charge on any atom is 0.150 e. The Morgan fingerprint density at radius 1 is 1.38 bits per heavy atom. The summed E-state index contributed by atoms with van der Waals surface area (Å²) in [4.78, 5) is 10.3. The van der Waals surface area contributed by atoms with E-state index in [1.807, 2.05) is 0 Å². The van der Waals surface area contributed by atoms with Crippen molar-refractivity contribution in [2.24, 2.45) is 0 Å². The Morgan fingerprint density at radius 3 is 2.46 bits per heavy atom. The first-order chi connectivity index (χ1) is 6.27. The van der Waals surface area contributed by atoms with Crippen LogP contribution in [0, 0.1) is 0 Å². The number of rotatable bonds is 4. The molecule has 1 aromatic rings. The van der Waals surface area contributed by atoms with Gasteiger partial charge in [0.15, 0.2) is 0 Å². The molecule has 13 heavy (non-hydrogen) atoms. The molecule has 0 fully saturated rings. The number of carbonyl (C=O) groups excluding carboxylic acids is 1. The molecule has 0 amide bonds. The lowest BCUT2D eigenvalue weighted by molar-refractivity contribution is 0.112. The smallest absolute Gasteiger partial charge is 0.150 e. The molecule has 2 nitrogen and oxygen atoms in total. The monoisotopic (exact) mass is 176 g/mol. The molecule has 0 bridgehead atoms. The zero-order valence-corrected chi connectivity index (χ0v) is 7.31. The highest BCUT2D eigenvalue weighted by Gasteiger charge is 2.03. The van der Waals surface area contributed by atoms with Gasteiger partial charge in [-0.05, 0) is 12.0 Å². The molecule has 1 atom stereocenters. The van der Waals surface area contributed by atoms with Crippen molar-refractivity contribution >= 4 is 6.29 Å². The zero-order chi connectivity index (χ0) is 9.68. The van der Waals surface area contributed by atoms with Crippen LogP contribution in [0.25, 0.3) is 0 Å². The molecule has 2 heteroatoms. The Labute approximate surface area is 77.5 Å². The summed E-state index contributed by atoms with van der Waals surface area (Å²) in [6, 6.07) is 6.87. The van der Waals surface area contributed by atoms with Crippen molar-refractivity contribution in [2.75, 3.05) is 0 Å². The van der Waals surface area contributed by atoms with E-state index in [9.17, 15) is 9.90 Å². The van der Waals surface area contributed by atoms with Crippen molar-refractivity contribution in [2.45, 2.75) is 12.5 Å². The molecule has 68 valence electrons. The third-order valence-corrected chi connectivity index (χ3v) is 1.85. The minimum Gasteiger partial charge on any atom is -0.388 e. The average molecular weight is 176 g/mol. The molecule has 1 unspecified atom stereocenters. The Hall–Kier alpha value is -1.41. The van der Waals surface area contributed by atoms with Crippen molar-refractivity contribution in [3.8, 4) is 0 Å². The van der Waals surface area contributed by atoms with Crippen LogP contribution in [-0.4, -0.2) is 11.4 Å². The van der Waals surface area contributed by atoms with Crippen LogP contribution in [0.15, 0.2) is 36.9 Å². The maximum absolute atomic E-state index is 10.3. The van der Waals surface area contributed by atoms with Crippen LogP contribution in [0.3, 0.4) is 0 Å². The van der Waals surface area contributed by atoms with Gasteiger partial charge >= 0.3 is 0 Å². The largest absolute Gasteiger partial charge is 0.388 e. The topological polar surface area (TPSA) is 37.3 Å². The van der Waals surface area contributed by atoms with E-state index in [4.69, 9.17) is 0 Å². The Balaban J connectivity index is 2.78. The van der Waals surface area contributed by atoms with Gasteiger partial charge in [0.05, 0.1) is 6.10 Å². The molecule has 0 radical (unpaired) electrons. The molecule has 0 saturated carbocycles. The summed E-state index contributed by atoms with van der Waals surface area (Å²) in [6.07, 6.45) is 2.46. The van der Waals surface area contributed by atoms with Crippen LogP contribution in [0.5, 0.6) is 0 Å². The van der Waals surface area contributed by atoms with Crippen molar-refractivity contribution in [1.82, 2.24) is 0 Å². The molecule has 1 rings (SSSR count). The molecule has 0 aliphatic rings. The van der Waals surface area contributed by atoms with Crippen LogP contribution in [0.2, 0.25) is 0 Å². The van der Waals surface area contributed by atoms with Crippen LogP contribution in [0.4, 0.5) is 0 Å². The first-order valence-corrected chi connectivity index (χ1v) is 4.12. The highest BCUT2D eigenvalue weighted by molar-refractivity contribution is 5.74. The summed E-state index contributed by atoms with van der Waals surface area (Å²) in [7, 11) is 0. The fourth-order valence-electron chi connectivity index (χ4n) is 1.09. The van der Waals surface area contributed by atoms with Gasteiger partial charge in [0.25, 0.3) is 0 Å². The van der Waals surface area contributed by atoms with Gasteiger partial charge in [-0.2, -0.15) is 0 Å². The normalized spacial score (nSPS) is 12.1. The Kier molecular flexibility index (Phi) is 3.41. The highest BCUT2D eigenvalue weighted by Crippen LogP contribution is 2.16. The summed E-state index contributed by atoms with van der Waals surface area (Å²) < 4.78 is 0. The van der Waals surface area contributed by atoms with E-state index in [1.165, 1.54) is 0 Å². The quantitative estimate of drug-likeness (QED) is 0.563. The second-order valence-electron chi connectivity index (χ2n) is 2.82. The lowest BCUT2D eigenvalue weighted by Crippen LogP contribution is -1.95. The Bertz CT molecular complexity index is 287. The van der Waals surface area contributed by atoms with Crippen molar-refractivity contribution < 1.29 is 9.90 Å². The standard InChI is InChI=1S/C11H12O2/c1-2-3-11(13)10-6-4-9(8-12)5-7-10/h2,4-8,11,13H,1,3H2. The average Bonchev–Trinajstić information content (AvgIpc) is 2.18. The lowest BCUT2D eigenvalue weighted by atomic mass is 10.1. The van der Waals surface area contributed by atoms with E-state index in [-0.39, 0.29) is 0 Å². The number of aldehydes is 1. The van der Waals surface area contributed by atoms with Crippen molar-refractivity contribution in [3.05, 3.63) is 48.0 Å². The number of aliphatic hydroxyl groups is 1. The van der Waals surface area contributed by atoms with Crippen molar-refractivity contribution in [3.63, 3.8) is 0 Å². The minimum atomic E-state index is -0.516. The maximum atomic E-state index is 10.3. The molecule has 0 aliphatic heterocycles. The fourth-order valence-corrected chi connectivity index (χ4v) is 1.09. The first kappa shape index (κ1) is 9.68. The van der Waals surface area contributed by atoms with Crippen LogP contribution in [-0.2, 0) is 0 Å². The van der Waals surface area contributed by atoms with E-state index in [1.54, 1.807) is 30.3 Å². The molecule has 1 N–H and O–H groups in total. The molecule has 1 aromatic carbocycles. The second kappa shape index (κ2) is 4.58. The first-order valence-electron chi connectivity index (χ1n) is 4.12. The Morgan fingerprint density at radius 2 is 2.00 bits per heavy atom. The third-order valence-electron chi connectivity index (χ3n) is 1.85. The number of hydrogen-bond acceptors (Lipinski definition) is 2. The highest BCUT2D eigenvalue weighted by atomic mass is 16.3. The summed E-state index contributed by atoms with van der Waals surface area (Å²) in [5.41, 5.74) is 1.43. The van der Waals surface area contributed by atoms with Gasteiger partial charge in [0.1, 0.15) is 6.29 Å². The van der Waals surface area contributed by atoms with Crippen molar-refractivity contribution in [1.29, 1.82) is 0 Å². The molecule has 0 heterocycles. The summed E-state index contributed by atoms with van der Waals surface area (Å²) in [5.74, 6) is 0. The fraction of sp³-hybridized carbons (Fsp3) is 0.182. The van der Waals surface area contributed by atoms with E-state index in [0.29, 0.717) is 12.0 Å². The van der Waals surface area contributed by atoms with Gasteiger partial charge in [-0.3, -0.25) is 4.79 Å². The SMILES string of the molecule is C=CCC(O)c1ccc(C=O)cc1. The molecule has 0 aromatic heterocycles. The number of benzene rings is 1. The zero-order valence-electron chi connectivity index (χ0n) is 7.31. The van der Waals surface area contributed by atoms with E-state index in [0.717, 1.165) is 11.8 Å². The molecular formula is C11H12O2. The van der Waals surface area contributed by atoms with E-state index in [2.05, 4.69) is 6.58 Å². The lowest BCUT2D eigenvalue weighted by Gasteiger charge is -2.07. The van der Waals surface area contributed by atoms with Gasteiger partial charge in [0, 0.05) is 5.56 Å². The second-order valence-corrected chi connectivity index (χ2v) is 2.82. The van der Waals surface area contributed by atoms with E-state index < -0.39 is 6.10 Å². The summed E-state index contributed by atoms with van der Waals surface area (Å²) in [6.45, 7) is 3.54. The van der Waals surface area contributed by atoms with Gasteiger partial charge in [-0.1, -0.05) is 30.3 Å². The molecule has 0 saturated heterocycles. The van der Waals surface area contributed by atoms with Crippen LogP contribution < -0.4 is 0 Å². The van der Waals surface area contributed by atoms with Gasteiger partial charge in [0.2, 0.25) is 0 Å².